The molecule has 2 atom stereocenters. The normalized spacial score (nSPS) is 31.6. The molecule has 13 heavy (non-hydrogen) atoms. The van der Waals surface area contributed by atoms with Crippen LogP contribution in [0.4, 0.5) is 0 Å². The minimum Gasteiger partial charge on any atom is -0.376 e. The molecule has 0 aromatic heterocycles. The van der Waals surface area contributed by atoms with Gasteiger partial charge in [0.15, 0.2) is 0 Å². The third-order valence-corrected chi connectivity index (χ3v) is 2.88. The fourth-order valence-electron chi connectivity index (χ4n) is 1.73. The lowest BCUT2D eigenvalue weighted by Crippen LogP contribution is -2.41. The zero-order valence-corrected chi connectivity index (χ0v) is 8.29. The maximum Gasteiger partial charge on any atom is 0.0933 e. The summed E-state index contributed by atoms with van der Waals surface area (Å²) >= 11 is 0. The van der Waals surface area contributed by atoms with Crippen molar-refractivity contribution in [1.82, 2.24) is 5.32 Å². The van der Waals surface area contributed by atoms with Gasteiger partial charge in [-0.05, 0) is 25.7 Å². The lowest BCUT2D eigenvalue weighted by atomic mass is 10.2. The van der Waals surface area contributed by atoms with E-state index in [-0.39, 0.29) is 6.10 Å². The molecule has 2 unspecified atom stereocenters. The van der Waals surface area contributed by atoms with Crippen molar-refractivity contribution < 1.29 is 9.47 Å². The van der Waals surface area contributed by atoms with Gasteiger partial charge in [0, 0.05) is 12.6 Å². The molecule has 2 fully saturated rings. The molecule has 3 nitrogen and oxygen atoms in total. The van der Waals surface area contributed by atoms with Crippen LogP contribution in [0.25, 0.3) is 0 Å². The van der Waals surface area contributed by atoms with Gasteiger partial charge in [0.05, 0.1) is 25.9 Å². The molecule has 1 aliphatic heterocycles. The molecular weight excluding hydrogens is 166 g/mol. The lowest BCUT2D eigenvalue weighted by Gasteiger charge is -2.24. The molecule has 2 rings (SSSR count). The van der Waals surface area contributed by atoms with Gasteiger partial charge >= 0.3 is 0 Å². The first-order valence-corrected chi connectivity index (χ1v) is 5.29. The second-order valence-electron chi connectivity index (χ2n) is 4.10. The van der Waals surface area contributed by atoms with Crippen molar-refractivity contribution in [2.75, 3.05) is 26.4 Å². The fourth-order valence-corrected chi connectivity index (χ4v) is 1.73. The standard InChI is InChI=1S/C10H19NO2/c1-8(9-2-3-9)11-6-10-7-12-4-5-13-10/h8-11H,2-7H2,1H3. The number of nitrogens with one attached hydrogen (secondary N) is 1. The molecular formula is C10H19NO2. The minimum absolute atomic E-state index is 0.273. The van der Waals surface area contributed by atoms with E-state index in [1.165, 1.54) is 12.8 Å². The highest BCUT2D eigenvalue weighted by molar-refractivity contribution is 4.83. The quantitative estimate of drug-likeness (QED) is 0.702. The predicted octanol–water partition coefficient (Wildman–Crippen LogP) is 0.790. The van der Waals surface area contributed by atoms with Crippen LogP contribution in [0.5, 0.6) is 0 Å². The molecule has 1 N–H and O–H groups in total. The average Bonchev–Trinajstić information content (AvgIpc) is 2.99. The summed E-state index contributed by atoms with van der Waals surface area (Å²) in [6, 6.07) is 0.658. The Hall–Kier alpha value is -0.120. The van der Waals surface area contributed by atoms with Crippen molar-refractivity contribution in [3.8, 4) is 0 Å². The summed E-state index contributed by atoms with van der Waals surface area (Å²) < 4.78 is 10.9. The molecule has 3 heteroatoms. The van der Waals surface area contributed by atoms with Gasteiger partial charge in [-0.15, -0.1) is 0 Å². The molecule has 0 amide bonds. The Balaban J connectivity index is 1.60. The summed E-state index contributed by atoms with van der Waals surface area (Å²) in [6.07, 6.45) is 3.07. The molecule has 1 saturated heterocycles. The molecule has 0 spiro atoms. The second-order valence-corrected chi connectivity index (χ2v) is 4.10. The van der Waals surface area contributed by atoms with Crippen LogP contribution in [0, 0.1) is 5.92 Å². The summed E-state index contributed by atoms with van der Waals surface area (Å²) in [7, 11) is 0. The third-order valence-electron chi connectivity index (χ3n) is 2.88. The van der Waals surface area contributed by atoms with E-state index in [4.69, 9.17) is 9.47 Å². The highest BCUT2D eigenvalue weighted by atomic mass is 16.6. The molecule has 1 saturated carbocycles. The average molecular weight is 185 g/mol. The van der Waals surface area contributed by atoms with E-state index in [0.717, 1.165) is 32.3 Å². The van der Waals surface area contributed by atoms with Crippen LogP contribution in [0.1, 0.15) is 19.8 Å². The van der Waals surface area contributed by atoms with Crippen LogP contribution in [-0.4, -0.2) is 38.5 Å². The number of hydrogen-bond donors (Lipinski definition) is 1. The summed E-state index contributed by atoms with van der Waals surface area (Å²) in [5.41, 5.74) is 0. The molecule has 0 aromatic rings. The Labute approximate surface area is 79.8 Å². The minimum atomic E-state index is 0.273. The van der Waals surface area contributed by atoms with E-state index in [1.54, 1.807) is 0 Å². The van der Waals surface area contributed by atoms with Crippen LogP contribution in [0.15, 0.2) is 0 Å². The van der Waals surface area contributed by atoms with Crippen molar-refractivity contribution in [3.05, 3.63) is 0 Å². The van der Waals surface area contributed by atoms with E-state index < -0.39 is 0 Å². The van der Waals surface area contributed by atoms with E-state index in [2.05, 4.69) is 12.2 Å². The molecule has 76 valence electrons. The van der Waals surface area contributed by atoms with Crippen LogP contribution >= 0.6 is 0 Å². The summed E-state index contributed by atoms with van der Waals surface area (Å²) in [5, 5.41) is 3.51. The van der Waals surface area contributed by atoms with Crippen molar-refractivity contribution >= 4 is 0 Å². The van der Waals surface area contributed by atoms with Crippen molar-refractivity contribution in [2.24, 2.45) is 5.92 Å². The van der Waals surface area contributed by atoms with E-state index >= 15 is 0 Å². The van der Waals surface area contributed by atoms with Crippen LogP contribution in [0.3, 0.4) is 0 Å². The zero-order valence-electron chi connectivity index (χ0n) is 8.29. The molecule has 0 aromatic carbocycles. The SMILES string of the molecule is CC(NCC1COCCO1)C1CC1. The van der Waals surface area contributed by atoms with Gasteiger partial charge in [-0.2, -0.15) is 0 Å². The predicted molar refractivity (Wildman–Crippen MR) is 50.7 cm³/mol. The molecule has 0 bridgehead atoms. The number of ether oxygens (including phenoxy) is 2. The maximum absolute atomic E-state index is 5.54. The van der Waals surface area contributed by atoms with Crippen molar-refractivity contribution in [1.29, 1.82) is 0 Å². The third kappa shape index (κ3) is 2.93. The lowest BCUT2D eigenvalue weighted by molar-refractivity contribution is -0.0870. The maximum atomic E-state index is 5.54. The first-order valence-electron chi connectivity index (χ1n) is 5.29. The highest BCUT2D eigenvalue weighted by Gasteiger charge is 2.28. The largest absolute Gasteiger partial charge is 0.376 e. The van der Waals surface area contributed by atoms with Gasteiger partial charge < -0.3 is 14.8 Å². The fraction of sp³-hybridized carbons (Fsp3) is 1.00. The molecule has 2 aliphatic rings. The highest BCUT2D eigenvalue weighted by Crippen LogP contribution is 2.32. The van der Waals surface area contributed by atoms with Gasteiger partial charge in [0.1, 0.15) is 0 Å². The molecule has 1 aliphatic carbocycles. The van der Waals surface area contributed by atoms with Gasteiger partial charge in [-0.1, -0.05) is 0 Å². The summed E-state index contributed by atoms with van der Waals surface area (Å²) in [4.78, 5) is 0. The van der Waals surface area contributed by atoms with Crippen LogP contribution < -0.4 is 5.32 Å². The monoisotopic (exact) mass is 185 g/mol. The van der Waals surface area contributed by atoms with Gasteiger partial charge in [0.2, 0.25) is 0 Å². The second kappa shape index (κ2) is 4.40. The Morgan fingerprint density at radius 3 is 2.85 bits per heavy atom. The topological polar surface area (TPSA) is 30.5 Å². The molecule has 1 heterocycles. The van der Waals surface area contributed by atoms with E-state index in [1.807, 2.05) is 0 Å². The first kappa shape index (κ1) is 9.44. The van der Waals surface area contributed by atoms with Crippen LogP contribution in [0.2, 0.25) is 0 Å². The Bertz CT molecular complexity index is 153. The number of rotatable bonds is 4. The summed E-state index contributed by atoms with van der Waals surface area (Å²) in [6.45, 7) is 5.47. The first-order chi connectivity index (χ1) is 6.36. The van der Waals surface area contributed by atoms with Gasteiger partial charge in [-0.25, -0.2) is 0 Å². The molecule has 0 radical (unpaired) electrons. The van der Waals surface area contributed by atoms with Gasteiger partial charge in [0.25, 0.3) is 0 Å². The Morgan fingerprint density at radius 2 is 2.23 bits per heavy atom. The van der Waals surface area contributed by atoms with E-state index in [0.29, 0.717) is 6.04 Å². The van der Waals surface area contributed by atoms with E-state index in [9.17, 15) is 0 Å². The van der Waals surface area contributed by atoms with Crippen molar-refractivity contribution in [3.63, 3.8) is 0 Å². The Morgan fingerprint density at radius 1 is 1.38 bits per heavy atom. The zero-order chi connectivity index (χ0) is 9.10. The smallest absolute Gasteiger partial charge is 0.0933 e. The van der Waals surface area contributed by atoms with Crippen LogP contribution in [-0.2, 0) is 9.47 Å². The summed E-state index contributed by atoms with van der Waals surface area (Å²) in [5.74, 6) is 0.921. The number of hydrogen-bond acceptors (Lipinski definition) is 3. The van der Waals surface area contributed by atoms with Crippen molar-refractivity contribution in [2.45, 2.75) is 31.9 Å². The van der Waals surface area contributed by atoms with Gasteiger partial charge in [-0.3, -0.25) is 0 Å². The Kier molecular flexibility index (Phi) is 3.19.